The lowest BCUT2D eigenvalue weighted by molar-refractivity contribution is -0.114. The minimum atomic E-state index is -0.111. The van der Waals surface area contributed by atoms with E-state index in [1.807, 2.05) is 18.3 Å². The Kier molecular flexibility index (Phi) is 7.50. The van der Waals surface area contributed by atoms with Crippen molar-refractivity contribution >= 4 is 17.5 Å². The molecule has 4 rings (SSSR count). The van der Waals surface area contributed by atoms with Crippen LogP contribution in [0.2, 0.25) is 0 Å². The lowest BCUT2D eigenvalue weighted by atomic mass is 9.90. The molecule has 2 aliphatic rings. The number of pyridine rings is 2. The summed E-state index contributed by atoms with van der Waals surface area (Å²) in [4.78, 5) is 22.9. The molecule has 0 radical (unpaired) electrons. The summed E-state index contributed by atoms with van der Waals surface area (Å²) < 4.78 is 11.0. The average Bonchev–Trinajstić information content (AvgIpc) is 3.40. The highest BCUT2D eigenvalue weighted by molar-refractivity contribution is 5.87. The predicted octanol–water partition coefficient (Wildman–Crippen LogP) is 3.77. The zero-order chi connectivity index (χ0) is 24.1. The van der Waals surface area contributed by atoms with E-state index in [2.05, 4.69) is 47.0 Å². The molecule has 1 N–H and O–H groups in total. The Hall–Kier alpha value is -2.95. The molecule has 7 nitrogen and oxygen atoms in total. The monoisotopic (exact) mass is 462 g/mol. The van der Waals surface area contributed by atoms with Crippen molar-refractivity contribution in [3.63, 3.8) is 0 Å². The van der Waals surface area contributed by atoms with Crippen molar-refractivity contribution in [2.24, 2.45) is 0 Å². The summed E-state index contributed by atoms with van der Waals surface area (Å²) in [5, 5.41) is 2.75. The average molecular weight is 463 g/mol. The second kappa shape index (κ2) is 10.5. The minimum absolute atomic E-state index is 0.0627. The number of rotatable bonds is 8. The van der Waals surface area contributed by atoms with Crippen LogP contribution in [0.25, 0.3) is 0 Å². The van der Waals surface area contributed by atoms with Gasteiger partial charge in [-0.1, -0.05) is 5.92 Å². The van der Waals surface area contributed by atoms with Crippen molar-refractivity contribution in [2.75, 3.05) is 43.6 Å². The highest BCUT2D eigenvalue weighted by atomic mass is 16.5. The fourth-order valence-corrected chi connectivity index (χ4v) is 4.60. The molecule has 7 heteroatoms. The number of aromatic nitrogens is 2. The van der Waals surface area contributed by atoms with E-state index in [9.17, 15) is 4.79 Å². The van der Waals surface area contributed by atoms with Gasteiger partial charge < -0.3 is 19.7 Å². The van der Waals surface area contributed by atoms with Crippen LogP contribution in [0.4, 0.5) is 11.6 Å². The smallest absolute Gasteiger partial charge is 0.222 e. The zero-order valence-electron chi connectivity index (χ0n) is 20.6. The predicted molar refractivity (Wildman–Crippen MR) is 133 cm³/mol. The van der Waals surface area contributed by atoms with Crippen LogP contribution in [0.1, 0.15) is 55.0 Å². The van der Waals surface area contributed by atoms with Gasteiger partial charge in [-0.3, -0.25) is 4.79 Å². The number of carbonyl (C=O) groups excluding carboxylic acids is 1. The zero-order valence-corrected chi connectivity index (χ0v) is 20.6. The van der Waals surface area contributed by atoms with Gasteiger partial charge in [0.1, 0.15) is 17.3 Å². The van der Waals surface area contributed by atoms with Gasteiger partial charge in [0, 0.05) is 45.2 Å². The minimum Gasteiger partial charge on any atom is -0.382 e. The highest BCUT2D eigenvalue weighted by Crippen LogP contribution is 2.51. The Morgan fingerprint density at radius 2 is 2.09 bits per heavy atom. The van der Waals surface area contributed by atoms with Crippen molar-refractivity contribution in [1.29, 1.82) is 0 Å². The molecule has 1 unspecified atom stereocenters. The number of anilines is 2. The first kappa shape index (κ1) is 24.2. The molecule has 1 saturated heterocycles. The van der Waals surface area contributed by atoms with Gasteiger partial charge in [-0.2, -0.15) is 0 Å². The number of ether oxygens (including phenoxy) is 2. The number of nitrogens with zero attached hydrogens (tertiary/aromatic N) is 3. The topological polar surface area (TPSA) is 76.6 Å². The van der Waals surface area contributed by atoms with E-state index in [-0.39, 0.29) is 17.4 Å². The Morgan fingerprint density at radius 3 is 2.79 bits per heavy atom. The first-order valence-electron chi connectivity index (χ1n) is 12.0. The van der Waals surface area contributed by atoms with Crippen LogP contribution >= 0.6 is 0 Å². The standard InChI is InChI=1S/C27H34N4O3/c1-19-14-22(30-26(15-19)31-11-7-23(18-31)34-13-12-33-4)6-5-8-27(9-10-27)24-17-28-25(16-20(24)2)29-21(3)32/h14-17,23H,7-13,18H2,1-4H3,(H,28,29,32). The van der Waals surface area contributed by atoms with E-state index in [0.717, 1.165) is 61.4 Å². The molecular formula is C27H34N4O3. The third kappa shape index (κ3) is 5.94. The molecule has 0 spiro atoms. The lowest BCUT2D eigenvalue weighted by Gasteiger charge is -2.18. The van der Waals surface area contributed by atoms with Gasteiger partial charge >= 0.3 is 0 Å². The third-order valence-electron chi connectivity index (χ3n) is 6.55. The summed E-state index contributed by atoms with van der Waals surface area (Å²) in [5.41, 5.74) is 4.40. The lowest BCUT2D eigenvalue weighted by Crippen LogP contribution is -2.24. The molecule has 0 aromatic carbocycles. The maximum Gasteiger partial charge on any atom is 0.222 e. The molecule has 1 amide bonds. The Labute approximate surface area is 202 Å². The molecule has 1 aliphatic carbocycles. The van der Waals surface area contributed by atoms with Crippen LogP contribution in [-0.4, -0.2) is 55.4 Å². The molecule has 0 bridgehead atoms. The maximum absolute atomic E-state index is 11.3. The van der Waals surface area contributed by atoms with Crippen LogP contribution < -0.4 is 10.2 Å². The van der Waals surface area contributed by atoms with Crippen LogP contribution in [0.3, 0.4) is 0 Å². The summed E-state index contributed by atoms with van der Waals surface area (Å²) in [6.07, 6.45) is 6.10. The SMILES string of the molecule is COCCOC1CCN(c2cc(C)cc(C#CCC3(c4cnc(NC(C)=O)cc4C)CC3)n2)C1. The molecule has 1 saturated carbocycles. The normalized spacial score (nSPS) is 18.4. The summed E-state index contributed by atoms with van der Waals surface area (Å²) in [6, 6.07) is 6.12. The second-order valence-electron chi connectivity index (χ2n) is 9.43. The molecule has 2 aromatic rings. The van der Waals surface area contributed by atoms with E-state index in [1.165, 1.54) is 12.5 Å². The van der Waals surface area contributed by atoms with Crippen LogP contribution in [0.15, 0.2) is 24.4 Å². The van der Waals surface area contributed by atoms with E-state index in [0.29, 0.717) is 19.0 Å². The summed E-state index contributed by atoms with van der Waals surface area (Å²) in [5.74, 6) is 8.17. The van der Waals surface area contributed by atoms with Gasteiger partial charge in [0.05, 0.1) is 19.3 Å². The fourth-order valence-electron chi connectivity index (χ4n) is 4.60. The van der Waals surface area contributed by atoms with Crippen LogP contribution in [-0.2, 0) is 19.7 Å². The fraction of sp³-hybridized carbons (Fsp3) is 0.519. The van der Waals surface area contributed by atoms with Crippen LogP contribution in [0, 0.1) is 25.7 Å². The first-order chi connectivity index (χ1) is 16.4. The number of aryl methyl sites for hydroxylation is 2. The van der Waals surface area contributed by atoms with Crippen molar-refractivity contribution in [1.82, 2.24) is 9.97 Å². The quantitative estimate of drug-likeness (QED) is 0.475. The van der Waals surface area contributed by atoms with E-state index in [1.54, 1.807) is 7.11 Å². The molecule has 34 heavy (non-hydrogen) atoms. The number of methoxy groups -OCH3 is 1. The number of nitrogens with one attached hydrogen (secondary N) is 1. The number of hydrogen-bond acceptors (Lipinski definition) is 6. The van der Waals surface area contributed by atoms with Gasteiger partial charge in [0.2, 0.25) is 5.91 Å². The van der Waals surface area contributed by atoms with E-state index < -0.39 is 0 Å². The van der Waals surface area contributed by atoms with Crippen molar-refractivity contribution < 1.29 is 14.3 Å². The largest absolute Gasteiger partial charge is 0.382 e. The van der Waals surface area contributed by atoms with Gasteiger partial charge in [0.25, 0.3) is 0 Å². The summed E-state index contributed by atoms with van der Waals surface area (Å²) in [7, 11) is 1.69. The first-order valence-corrected chi connectivity index (χ1v) is 12.0. The van der Waals surface area contributed by atoms with Gasteiger partial charge in [0.15, 0.2) is 0 Å². The van der Waals surface area contributed by atoms with Crippen LogP contribution in [0.5, 0.6) is 0 Å². The van der Waals surface area contributed by atoms with Gasteiger partial charge in [-0.25, -0.2) is 9.97 Å². The molecular weight excluding hydrogens is 428 g/mol. The number of carbonyl (C=O) groups is 1. The number of hydrogen-bond donors (Lipinski definition) is 1. The molecule has 3 heterocycles. The Morgan fingerprint density at radius 1 is 1.26 bits per heavy atom. The highest BCUT2D eigenvalue weighted by Gasteiger charge is 2.44. The van der Waals surface area contributed by atoms with Crippen molar-refractivity contribution in [2.45, 2.75) is 58.0 Å². The molecule has 1 atom stereocenters. The van der Waals surface area contributed by atoms with Crippen molar-refractivity contribution in [3.05, 3.63) is 46.8 Å². The van der Waals surface area contributed by atoms with Gasteiger partial charge in [-0.15, -0.1) is 0 Å². The Balaban J connectivity index is 1.42. The van der Waals surface area contributed by atoms with E-state index >= 15 is 0 Å². The maximum atomic E-state index is 11.3. The molecule has 2 fully saturated rings. The Bertz CT molecular complexity index is 1100. The van der Waals surface area contributed by atoms with E-state index in [4.69, 9.17) is 14.5 Å². The van der Waals surface area contributed by atoms with Gasteiger partial charge in [-0.05, 0) is 73.9 Å². The molecule has 180 valence electrons. The number of amides is 1. The molecule has 2 aromatic heterocycles. The summed E-state index contributed by atoms with van der Waals surface area (Å²) in [6.45, 7) is 8.68. The second-order valence-corrected chi connectivity index (χ2v) is 9.43. The molecule has 1 aliphatic heterocycles. The van der Waals surface area contributed by atoms with Crippen molar-refractivity contribution in [3.8, 4) is 11.8 Å². The third-order valence-corrected chi connectivity index (χ3v) is 6.55. The summed E-state index contributed by atoms with van der Waals surface area (Å²) >= 11 is 0.